The first-order valence-corrected chi connectivity index (χ1v) is 5.78. The van der Waals surface area contributed by atoms with E-state index in [-0.39, 0.29) is 0 Å². The summed E-state index contributed by atoms with van der Waals surface area (Å²) in [7, 11) is 1.00. The second kappa shape index (κ2) is 29.3. The molecule has 0 radical (unpaired) electrons. The second-order valence-corrected chi connectivity index (χ2v) is 2.50. The molecule has 3 heteroatoms. The number of rotatable bonds is 7. The van der Waals surface area contributed by atoms with Crippen LogP contribution in [0.4, 0.5) is 0 Å². The molecule has 0 heterocycles. The molecule has 90 valence electrons. The number of aliphatic hydroxyl groups is 1. The molecule has 0 unspecified atom stereocenters. The maximum Gasteiger partial charge on any atom is 0.0319 e. The molecule has 0 saturated heterocycles. The molecule has 0 aliphatic rings. The Balaban J connectivity index is -0.000000266. The highest BCUT2D eigenvalue weighted by Gasteiger charge is 1.83. The summed E-state index contributed by atoms with van der Waals surface area (Å²) in [5.41, 5.74) is 0. The highest BCUT2D eigenvalue weighted by Crippen LogP contribution is 1.70. The molecule has 3 N–H and O–H groups in total. The highest BCUT2D eigenvalue weighted by molar-refractivity contribution is 4.49. The average Bonchev–Trinajstić information content (AvgIpc) is 2.29. The van der Waals surface area contributed by atoms with Crippen LogP contribution in [0, 0.1) is 0 Å². The van der Waals surface area contributed by atoms with Crippen molar-refractivity contribution in [1.29, 1.82) is 0 Å². The molecule has 0 amide bonds. The van der Waals surface area contributed by atoms with E-state index in [1.807, 2.05) is 13.8 Å². The van der Waals surface area contributed by atoms with Crippen LogP contribution in [0.15, 0.2) is 0 Å². The molecular formula is C11H30N2O. The van der Waals surface area contributed by atoms with Gasteiger partial charge in [0.2, 0.25) is 0 Å². The first-order valence-electron chi connectivity index (χ1n) is 5.78. The van der Waals surface area contributed by atoms with Crippen molar-refractivity contribution in [3.05, 3.63) is 0 Å². The van der Waals surface area contributed by atoms with Crippen LogP contribution in [-0.2, 0) is 0 Å². The molecule has 0 aromatic carbocycles. The molecule has 0 atom stereocenters. The second-order valence-electron chi connectivity index (χ2n) is 2.50. The van der Waals surface area contributed by atoms with Crippen LogP contribution in [0.5, 0.6) is 0 Å². The van der Waals surface area contributed by atoms with Crippen LogP contribution < -0.4 is 10.6 Å². The summed E-state index contributed by atoms with van der Waals surface area (Å²) >= 11 is 0. The van der Waals surface area contributed by atoms with Crippen molar-refractivity contribution in [2.24, 2.45) is 0 Å². The summed E-state index contributed by atoms with van der Waals surface area (Å²) in [5.74, 6) is 0. The lowest BCUT2D eigenvalue weighted by atomic mass is 10.4. The third-order valence-corrected chi connectivity index (χ3v) is 1.33. The predicted molar refractivity (Wildman–Crippen MR) is 65.8 cm³/mol. The first kappa shape index (κ1) is 19.5. The van der Waals surface area contributed by atoms with Crippen LogP contribution in [0.25, 0.3) is 0 Å². The van der Waals surface area contributed by atoms with Gasteiger partial charge in [0.1, 0.15) is 0 Å². The summed E-state index contributed by atoms with van der Waals surface area (Å²) in [6.45, 7) is 12.9. The minimum Gasteiger partial charge on any atom is -0.400 e. The molecule has 0 bridgehead atoms. The number of hydrogen-bond acceptors (Lipinski definition) is 3. The summed E-state index contributed by atoms with van der Waals surface area (Å²) in [4.78, 5) is 0. The zero-order valence-electron chi connectivity index (χ0n) is 10.7. The molecule has 0 spiro atoms. The largest absolute Gasteiger partial charge is 0.400 e. The smallest absolute Gasteiger partial charge is 0.0319 e. The normalized spacial score (nSPS) is 8.14. The molecule has 0 aromatic rings. The Morgan fingerprint density at radius 1 is 0.714 bits per heavy atom. The van der Waals surface area contributed by atoms with E-state index >= 15 is 0 Å². The van der Waals surface area contributed by atoms with Crippen LogP contribution >= 0.6 is 0 Å². The van der Waals surface area contributed by atoms with Crippen molar-refractivity contribution in [1.82, 2.24) is 10.6 Å². The van der Waals surface area contributed by atoms with Crippen molar-refractivity contribution in [3.8, 4) is 0 Å². The Hall–Kier alpha value is -0.120. The van der Waals surface area contributed by atoms with Crippen LogP contribution in [0.2, 0.25) is 0 Å². The Morgan fingerprint density at radius 3 is 1.21 bits per heavy atom. The van der Waals surface area contributed by atoms with Crippen LogP contribution in [-0.4, -0.2) is 38.4 Å². The van der Waals surface area contributed by atoms with E-state index in [0.29, 0.717) is 0 Å². The van der Waals surface area contributed by atoms with Crippen LogP contribution in [0.3, 0.4) is 0 Å². The van der Waals surface area contributed by atoms with Crippen molar-refractivity contribution >= 4 is 0 Å². The van der Waals surface area contributed by atoms with Crippen molar-refractivity contribution in [2.45, 2.75) is 40.5 Å². The van der Waals surface area contributed by atoms with E-state index < -0.39 is 0 Å². The lowest BCUT2D eigenvalue weighted by molar-refractivity contribution is 0.399. The topological polar surface area (TPSA) is 44.3 Å². The monoisotopic (exact) mass is 206 g/mol. The van der Waals surface area contributed by atoms with E-state index in [0.717, 1.165) is 33.3 Å². The summed E-state index contributed by atoms with van der Waals surface area (Å²) in [5, 5.41) is 13.7. The quantitative estimate of drug-likeness (QED) is 0.555. The molecule has 0 fully saturated rings. The Morgan fingerprint density at radius 2 is 1.00 bits per heavy atom. The van der Waals surface area contributed by atoms with Gasteiger partial charge in [0.25, 0.3) is 0 Å². The summed E-state index contributed by atoms with van der Waals surface area (Å²) < 4.78 is 0. The number of nitrogens with one attached hydrogen (secondary N) is 2. The van der Waals surface area contributed by atoms with E-state index in [4.69, 9.17) is 5.11 Å². The molecule has 0 rings (SSSR count). The van der Waals surface area contributed by atoms with Crippen molar-refractivity contribution < 1.29 is 5.11 Å². The predicted octanol–water partition coefficient (Wildman–Crippen LogP) is 1.62. The number of hydrogen-bond donors (Lipinski definition) is 3. The first-order chi connectivity index (χ1) is 6.91. The van der Waals surface area contributed by atoms with Gasteiger partial charge in [-0.1, -0.05) is 27.7 Å². The molecule has 0 aliphatic carbocycles. The fourth-order valence-corrected chi connectivity index (χ4v) is 0.780. The van der Waals surface area contributed by atoms with Crippen LogP contribution in [0.1, 0.15) is 40.5 Å². The minimum atomic E-state index is 1.00. The fourth-order valence-electron chi connectivity index (χ4n) is 0.780. The van der Waals surface area contributed by atoms with E-state index in [1.165, 1.54) is 12.8 Å². The molecule has 14 heavy (non-hydrogen) atoms. The van der Waals surface area contributed by atoms with Gasteiger partial charge in [-0.15, -0.1) is 0 Å². The van der Waals surface area contributed by atoms with Gasteiger partial charge in [-0.25, -0.2) is 0 Å². The Labute approximate surface area is 90.3 Å². The van der Waals surface area contributed by atoms with Gasteiger partial charge >= 0.3 is 0 Å². The zero-order valence-corrected chi connectivity index (χ0v) is 10.7. The SMILES string of the molecule is CC.CCCNCCNCCC.CO. The van der Waals surface area contributed by atoms with Gasteiger partial charge < -0.3 is 15.7 Å². The Bertz CT molecular complexity index is 53.2. The third kappa shape index (κ3) is 29.7. The van der Waals surface area contributed by atoms with E-state index in [2.05, 4.69) is 24.5 Å². The summed E-state index contributed by atoms with van der Waals surface area (Å²) in [6, 6.07) is 0. The van der Waals surface area contributed by atoms with Crippen molar-refractivity contribution in [3.63, 3.8) is 0 Å². The maximum atomic E-state index is 7.00. The zero-order chi connectivity index (χ0) is 11.7. The van der Waals surface area contributed by atoms with Gasteiger partial charge in [0, 0.05) is 20.2 Å². The van der Waals surface area contributed by atoms with E-state index in [1.54, 1.807) is 0 Å². The fraction of sp³-hybridized carbons (Fsp3) is 1.00. The molecule has 0 aromatic heterocycles. The average molecular weight is 206 g/mol. The minimum absolute atomic E-state index is 1.00. The summed E-state index contributed by atoms with van der Waals surface area (Å²) in [6.07, 6.45) is 2.46. The third-order valence-electron chi connectivity index (χ3n) is 1.33. The molecular weight excluding hydrogens is 176 g/mol. The standard InChI is InChI=1S/C8H20N2.C2H6.CH4O/c1-3-5-9-7-8-10-6-4-2;2*1-2/h9-10H,3-8H2,1-2H3;1-2H3;2H,1H3. The highest BCUT2D eigenvalue weighted by atomic mass is 16.2. The van der Waals surface area contributed by atoms with Gasteiger partial charge in [0.15, 0.2) is 0 Å². The van der Waals surface area contributed by atoms with Gasteiger partial charge in [-0.3, -0.25) is 0 Å². The lowest BCUT2D eigenvalue weighted by Crippen LogP contribution is -2.28. The maximum absolute atomic E-state index is 7.00. The van der Waals surface area contributed by atoms with Gasteiger partial charge in [-0.05, 0) is 25.9 Å². The van der Waals surface area contributed by atoms with E-state index in [9.17, 15) is 0 Å². The van der Waals surface area contributed by atoms with Gasteiger partial charge in [0.05, 0.1) is 0 Å². The molecule has 3 nitrogen and oxygen atoms in total. The molecule has 0 aliphatic heterocycles. The van der Waals surface area contributed by atoms with Gasteiger partial charge in [-0.2, -0.15) is 0 Å². The van der Waals surface area contributed by atoms with Crippen molar-refractivity contribution in [2.75, 3.05) is 33.3 Å². The Kier molecular flexibility index (Phi) is 40.7. The molecule has 0 saturated carbocycles. The lowest BCUT2D eigenvalue weighted by Gasteiger charge is -2.03. The number of aliphatic hydroxyl groups excluding tert-OH is 1.